The molecular formula is C18H20N2O6S2. The second kappa shape index (κ2) is 8.53. The van der Waals surface area contributed by atoms with Crippen molar-refractivity contribution in [2.45, 2.75) is 23.6 Å². The van der Waals surface area contributed by atoms with Gasteiger partial charge in [0.1, 0.15) is 12.0 Å². The molecule has 2 aromatic carbocycles. The summed E-state index contributed by atoms with van der Waals surface area (Å²) in [5.41, 5.74) is 2.50. The van der Waals surface area contributed by atoms with E-state index in [-0.39, 0.29) is 9.79 Å². The van der Waals surface area contributed by atoms with Gasteiger partial charge in [0, 0.05) is 6.26 Å². The summed E-state index contributed by atoms with van der Waals surface area (Å²) in [6, 6.07) is 12.0. The number of oxime groups is 2. The highest BCUT2D eigenvalue weighted by Gasteiger charge is 2.19. The van der Waals surface area contributed by atoms with Crippen LogP contribution < -0.4 is 0 Å². The molecule has 0 aromatic heterocycles. The van der Waals surface area contributed by atoms with Crippen molar-refractivity contribution in [2.75, 3.05) is 13.4 Å². The van der Waals surface area contributed by atoms with Crippen molar-refractivity contribution >= 4 is 31.4 Å². The first-order valence-corrected chi connectivity index (χ1v) is 11.3. The Hall–Kier alpha value is -2.72. The smallest absolute Gasteiger partial charge is 0.358 e. The summed E-state index contributed by atoms with van der Waals surface area (Å²) in [6.07, 6.45) is 0.991. The van der Waals surface area contributed by atoms with Crippen LogP contribution in [0.4, 0.5) is 0 Å². The van der Waals surface area contributed by atoms with Crippen LogP contribution in [0.5, 0.6) is 0 Å². The summed E-state index contributed by atoms with van der Waals surface area (Å²) in [7, 11) is -6.36. The molecule has 0 saturated carbocycles. The Morgan fingerprint density at radius 2 is 1.32 bits per heavy atom. The second-order valence-electron chi connectivity index (χ2n) is 5.89. The number of rotatable bonds is 7. The van der Waals surface area contributed by atoms with Crippen molar-refractivity contribution in [2.24, 2.45) is 10.3 Å². The fourth-order valence-corrected chi connectivity index (χ4v) is 3.76. The lowest BCUT2D eigenvalue weighted by molar-refractivity contribution is 0.213. The van der Waals surface area contributed by atoms with Gasteiger partial charge in [-0.25, -0.2) is 8.42 Å². The molecule has 0 aliphatic carbocycles. The summed E-state index contributed by atoms with van der Waals surface area (Å²) in [5, 5.41) is 7.50. The lowest BCUT2D eigenvalue weighted by Crippen LogP contribution is -2.07. The van der Waals surface area contributed by atoms with Crippen LogP contribution in [0.3, 0.4) is 0 Å². The van der Waals surface area contributed by atoms with E-state index < -0.39 is 20.0 Å². The minimum atomic E-state index is -4.26. The molecule has 0 aliphatic heterocycles. The maximum atomic E-state index is 12.3. The molecule has 0 unspecified atom stereocenters. The van der Waals surface area contributed by atoms with E-state index in [2.05, 4.69) is 10.3 Å². The van der Waals surface area contributed by atoms with Gasteiger partial charge in [-0.2, -0.15) is 8.42 Å². The Labute approximate surface area is 164 Å². The fourth-order valence-electron chi connectivity index (χ4n) is 2.20. The Kier molecular flexibility index (Phi) is 6.57. The van der Waals surface area contributed by atoms with Crippen LogP contribution in [0.15, 0.2) is 68.6 Å². The predicted octanol–water partition coefficient (Wildman–Crippen LogP) is 2.59. The highest BCUT2D eigenvalue weighted by molar-refractivity contribution is 7.90. The van der Waals surface area contributed by atoms with Gasteiger partial charge in [0.25, 0.3) is 0 Å². The molecule has 2 rings (SSSR count). The molecule has 10 heteroatoms. The highest BCUT2D eigenvalue weighted by Crippen LogP contribution is 2.18. The molecule has 0 saturated heterocycles. The molecule has 0 atom stereocenters. The molecule has 0 spiro atoms. The van der Waals surface area contributed by atoms with Crippen LogP contribution in [0.1, 0.15) is 25.0 Å². The molecular weight excluding hydrogens is 404 g/mol. The Morgan fingerprint density at radius 3 is 1.82 bits per heavy atom. The molecule has 0 heterocycles. The fraction of sp³-hybridized carbons (Fsp3) is 0.222. The van der Waals surface area contributed by atoms with E-state index in [0.717, 1.165) is 17.9 Å². The quantitative estimate of drug-likeness (QED) is 0.499. The molecule has 0 fully saturated rings. The molecule has 8 nitrogen and oxygen atoms in total. The van der Waals surface area contributed by atoms with Crippen LogP contribution in [-0.4, -0.2) is 41.6 Å². The standard InChI is InChI=1S/C18H20N2O6S2/c1-13(19-25-3)15-8-10-16(11-9-15)14(2)20-26-28(23,24)18-7-5-6-17(12-18)27(4,21)22/h5-12H,1-4H3/b19-13+,20-14+. The third-order valence-electron chi connectivity index (χ3n) is 3.74. The van der Waals surface area contributed by atoms with E-state index in [1.807, 2.05) is 0 Å². The number of nitrogens with zero attached hydrogens (tertiary/aromatic N) is 2. The van der Waals surface area contributed by atoms with Crippen LogP contribution in [0.2, 0.25) is 0 Å². The summed E-state index contributed by atoms with van der Waals surface area (Å²) in [4.78, 5) is 4.30. The van der Waals surface area contributed by atoms with Gasteiger partial charge < -0.3 is 4.84 Å². The normalized spacial score (nSPS) is 13.3. The topological polar surface area (TPSA) is 111 Å². The Morgan fingerprint density at radius 1 is 0.821 bits per heavy atom. The first kappa shape index (κ1) is 21.6. The molecule has 0 bridgehead atoms. The first-order chi connectivity index (χ1) is 13.0. The van der Waals surface area contributed by atoms with E-state index in [1.54, 1.807) is 38.1 Å². The van der Waals surface area contributed by atoms with Crippen molar-refractivity contribution < 1.29 is 26.0 Å². The molecule has 150 valence electrons. The third-order valence-corrected chi connectivity index (χ3v) is 5.96. The molecule has 0 amide bonds. The van der Waals surface area contributed by atoms with Crippen LogP contribution in [-0.2, 0) is 29.1 Å². The summed E-state index contributed by atoms with van der Waals surface area (Å²) < 4.78 is 52.6. The average Bonchev–Trinajstić information content (AvgIpc) is 2.66. The average molecular weight is 425 g/mol. The van der Waals surface area contributed by atoms with E-state index in [0.29, 0.717) is 17.0 Å². The number of benzene rings is 2. The SMILES string of the molecule is CO/N=C(\C)c1ccc(/C(C)=N/OS(=O)(=O)c2cccc(S(C)(=O)=O)c2)cc1. The molecule has 0 aliphatic rings. The molecule has 0 radical (unpaired) electrons. The van der Waals surface area contributed by atoms with Crippen LogP contribution in [0.25, 0.3) is 0 Å². The van der Waals surface area contributed by atoms with Crippen molar-refractivity contribution in [1.82, 2.24) is 0 Å². The molecule has 0 N–H and O–H groups in total. The predicted molar refractivity (Wildman–Crippen MR) is 106 cm³/mol. The maximum Gasteiger partial charge on any atom is 0.358 e. The maximum absolute atomic E-state index is 12.3. The van der Waals surface area contributed by atoms with Crippen LogP contribution >= 0.6 is 0 Å². The van der Waals surface area contributed by atoms with Gasteiger partial charge in [0.05, 0.1) is 16.3 Å². The van der Waals surface area contributed by atoms with Gasteiger partial charge in [0.15, 0.2) is 9.84 Å². The largest absolute Gasteiger partial charge is 0.399 e. The Balaban J connectivity index is 2.23. The second-order valence-corrected chi connectivity index (χ2v) is 9.43. The molecule has 28 heavy (non-hydrogen) atoms. The van der Waals surface area contributed by atoms with Gasteiger partial charge in [-0.1, -0.05) is 40.6 Å². The minimum Gasteiger partial charge on any atom is -0.399 e. The van der Waals surface area contributed by atoms with E-state index in [9.17, 15) is 16.8 Å². The van der Waals surface area contributed by atoms with Gasteiger partial charge in [-0.15, -0.1) is 0 Å². The summed E-state index contributed by atoms with van der Waals surface area (Å²) >= 11 is 0. The zero-order valence-corrected chi connectivity index (χ0v) is 17.4. The van der Waals surface area contributed by atoms with Crippen LogP contribution in [0, 0.1) is 0 Å². The highest BCUT2D eigenvalue weighted by atomic mass is 32.2. The van der Waals surface area contributed by atoms with Gasteiger partial charge in [-0.05, 0) is 43.2 Å². The molecule has 2 aromatic rings. The lowest BCUT2D eigenvalue weighted by atomic mass is 10.1. The van der Waals surface area contributed by atoms with Gasteiger partial charge >= 0.3 is 10.1 Å². The zero-order valence-electron chi connectivity index (χ0n) is 15.8. The first-order valence-electron chi connectivity index (χ1n) is 8.01. The minimum absolute atomic E-state index is 0.124. The van der Waals surface area contributed by atoms with Gasteiger partial charge in [0.2, 0.25) is 0 Å². The Bertz CT molecular complexity index is 1120. The van der Waals surface area contributed by atoms with E-state index in [4.69, 9.17) is 9.12 Å². The zero-order chi connectivity index (χ0) is 20.9. The number of sulfone groups is 1. The number of hydrogen-bond donors (Lipinski definition) is 0. The van der Waals surface area contributed by atoms with E-state index >= 15 is 0 Å². The van der Waals surface area contributed by atoms with Crippen molar-refractivity contribution in [1.29, 1.82) is 0 Å². The van der Waals surface area contributed by atoms with Gasteiger partial charge in [-0.3, -0.25) is 4.28 Å². The third kappa shape index (κ3) is 5.40. The number of hydrogen-bond acceptors (Lipinski definition) is 8. The van der Waals surface area contributed by atoms with Crippen molar-refractivity contribution in [3.8, 4) is 0 Å². The summed E-state index contributed by atoms with van der Waals surface area (Å²) in [6.45, 7) is 3.38. The monoisotopic (exact) mass is 424 g/mol. The summed E-state index contributed by atoms with van der Waals surface area (Å²) in [5.74, 6) is 0. The van der Waals surface area contributed by atoms with Crippen molar-refractivity contribution in [3.05, 3.63) is 59.7 Å². The lowest BCUT2D eigenvalue weighted by Gasteiger charge is -2.06. The van der Waals surface area contributed by atoms with Crippen molar-refractivity contribution in [3.63, 3.8) is 0 Å². The van der Waals surface area contributed by atoms with E-state index in [1.165, 1.54) is 25.3 Å².